The molecule has 1 saturated heterocycles. The van der Waals surface area contributed by atoms with Crippen LogP contribution < -0.4 is 27.4 Å². The number of fused-ring (bicyclic) bond motifs is 2. The second-order valence-corrected chi connectivity index (χ2v) is 11.0. The monoisotopic (exact) mass is 605 g/mol. The molecule has 10 nitrogen and oxygen atoms in total. The minimum absolute atomic E-state index is 0.0745. The molecular formula is C25H19F4N7O3S2. The molecule has 1 aliphatic heterocycles. The third-order valence-corrected chi connectivity index (χ3v) is 8.25. The molecule has 1 atom stereocenters. The van der Waals surface area contributed by atoms with Crippen LogP contribution in [0.1, 0.15) is 24.0 Å². The van der Waals surface area contributed by atoms with Gasteiger partial charge in [0.2, 0.25) is 16.2 Å². The molecule has 41 heavy (non-hydrogen) atoms. The first kappa shape index (κ1) is 28.2. The van der Waals surface area contributed by atoms with E-state index in [1.54, 1.807) is 24.3 Å². The summed E-state index contributed by atoms with van der Waals surface area (Å²) in [7, 11) is 0. The molecule has 5 heterocycles. The van der Waals surface area contributed by atoms with E-state index >= 15 is 0 Å². The van der Waals surface area contributed by atoms with Crippen molar-refractivity contribution in [3.63, 3.8) is 0 Å². The number of hydrogen-bond donors (Lipinski definition) is 3. The minimum Gasteiger partial charge on any atom is -0.341 e. The molecule has 4 N–H and O–H groups in total. The van der Waals surface area contributed by atoms with Crippen LogP contribution in [0, 0.1) is 33.2 Å². The Bertz CT molecular complexity index is 2010. The number of hydrogen-bond acceptors (Lipinski definition) is 9. The molecule has 16 heteroatoms. The average molecular weight is 606 g/mol. The summed E-state index contributed by atoms with van der Waals surface area (Å²) in [4.78, 5) is 44.8. The molecule has 0 aliphatic carbocycles. The van der Waals surface area contributed by atoms with Crippen LogP contribution >= 0.6 is 22.7 Å². The van der Waals surface area contributed by atoms with E-state index in [9.17, 15) is 37.2 Å². The highest BCUT2D eigenvalue weighted by Crippen LogP contribution is 2.28. The number of H-pyrrole nitrogens is 2. The van der Waals surface area contributed by atoms with Crippen molar-refractivity contribution in [2.45, 2.75) is 25.4 Å². The molecule has 4 aromatic heterocycles. The zero-order chi connectivity index (χ0) is 29.4. The standard InChI is InChI=1S/C19H17F2N5OS.C6H2F2N2O2S/c20-14-15-16(28-17(14)21)18(27)26(9-12-5-2-1-4-11(12)8-22)19(24-15)25-7-3-6-13(23)10-25;7-1-2-3(13-4(1)8)5(11)10-6(12)9-2/h1-2,4-5,13H,3,6-7,9-10,23H2;(H2,9,10,11,12)/t13-;/m1./s1. The summed E-state index contributed by atoms with van der Waals surface area (Å²) in [5, 5.41) is 7.18. The number of anilines is 1. The first-order valence-electron chi connectivity index (χ1n) is 12.1. The third-order valence-electron chi connectivity index (χ3n) is 6.37. The van der Waals surface area contributed by atoms with Crippen LogP contribution in [0.5, 0.6) is 0 Å². The van der Waals surface area contributed by atoms with Gasteiger partial charge in [-0.2, -0.15) is 14.0 Å². The second kappa shape index (κ2) is 11.3. The Balaban J connectivity index is 0.000000216. The molecule has 1 fully saturated rings. The highest BCUT2D eigenvalue weighted by Gasteiger charge is 2.26. The number of halogens is 4. The zero-order valence-corrected chi connectivity index (χ0v) is 22.5. The Morgan fingerprint density at radius 3 is 2.49 bits per heavy atom. The average Bonchev–Trinajstić information content (AvgIpc) is 3.40. The van der Waals surface area contributed by atoms with Gasteiger partial charge in [0.05, 0.1) is 18.2 Å². The topological polar surface area (TPSA) is 154 Å². The predicted octanol–water partition coefficient (Wildman–Crippen LogP) is 3.14. The number of nitrogens with two attached hydrogens (primary N) is 1. The summed E-state index contributed by atoms with van der Waals surface area (Å²) < 4.78 is 54.6. The number of thiophene rings is 2. The molecule has 6 rings (SSSR count). The van der Waals surface area contributed by atoms with Crippen molar-refractivity contribution in [1.82, 2.24) is 19.5 Å². The largest absolute Gasteiger partial charge is 0.341 e. The lowest BCUT2D eigenvalue weighted by Crippen LogP contribution is -2.45. The molecular weight excluding hydrogens is 586 g/mol. The van der Waals surface area contributed by atoms with Gasteiger partial charge < -0.3 is 15.6 Å². The quantitative estimate of drug-likeness (QED) is 0.267. The molecule has 0 amide bonds. The van der Waals surface area contributed by atoms with Gasteiger partial charge in [0.25, 0.3) is 11.1 Å². The Kier molecular flexibility index (Phi) is 7.76. The number of nitriles is 1. The minimum atomic E-state index is -1.19. The van der Waals surface area contributed by atoms with Crippen LogP contribution in [0.25, 0.3) is 20.4 Å². The smallest absolute Gasteiger partial charge is 0.326 e. The van der Waals surface area contributed by atoms with Crippen LogP contribution in [0.3, 0.4) is 0 Å². The zero-order valence-electron chi connectivity index (χ0n) is 20.8. The summed E-state index contributed by atoms with van der Waals surface area (Å²) in [6.07, 6.45) is 1.66. The Hall–Kier alpha value is -4.33. The molecule has 1 aromatic carbocycles. The molecule has 0 bridgehead atoms. The summed E-state index contributed by atoms with van der Waals surface area (Å²) in [6, 6.07) is 8.93. The molecule has 0 saturated carbocycles. The van der Waals surface area contributed by atoms with Gasteiger partial charge in [-0.15, -0.1) is 0 Å². The van der Waals surface area contributed by atoms with Crippen molar-refractivity contribution in [3.05, 3.63) is 88.5 Å². The molecule has 1 aliphatic rings. The van der Waals surface area contributed by atoms with Crippen molar-refractivity contribution >= 4 is 49.1 Å². The van der Waals surface area contributed by atoms with Gasteiger partial charge in [-0.1, -0.05) is 40.9 Å². The number of nitrogens with zero attached hydrogens (tertiary/aromatic N) is 4. The fourth-order valence-electron chi connectivity index (χ4n) is 4.47. The highest BCUT2D eigenvalue weighted by molar-refractivity contribution is 7.17. The summed E-state index contributed by atoms with van der Waals surface area (Å²) in [5.41, 5.74) is 4.32. The third kappa shape index (κ3) is 5.38. The van der Waals surface area contributed by atoms with E-state index in [1.807, 2.05) is 14.9 Å². The second-order valence-electron chi connectivity index (χ2n) is 9.09. The van der Waals surface area contributed by atoms with Gasteiger partial charge in [0.1, 0.15) is 20.4 Å². The molecule has 212 valence electrons. The van der Waals surface area contributed by atoms with E-state index in [0.29, 0.717) is 46.9 Å². The maximum absolute atomic E-state index is 14.2. The summed E-state index contributed by atoms with van der Waals surface area (Å²) in [5.74, 6) is -2.05. The van der Waals surface area contributed by atoms with E-state index in [-0.39, 0.29) is 39.0 Å². The van der Waals surface area contributed by atoms with Gasteiger partial charge in [-0.05, 0) is 24.5 Å². The lowest BCUT2D eigenvalue weighted by Gasteiger charge is -2.33. The summed E-state index contributed by atoms with van der Waals surface area (Å²) in [6.45, 7) is 1.15. The lowest BCUT2D eigenvalue weighted by atomic mass is 10.1. The predicted molar refractivity (Wildman–Crippen MR) is 146 cm³/mol. The Morgan fingerprint density at radius 2 is 1.76 bits per heavy atom. The van der Waals surface area contributed by atoms with Crippen LogP contribution in [-0.4, -0.2) is 38.7 Å². The van der Waals surface area contributed by atoms with E-state index < -0.39 is 38.7 Å². The van der Waals surface area contributed by atoms with Gasteiger partial charge in [0.15, 0.2) is 11.6 Å². The first-order valence-corrected chi connectivity index (χ1v) is 13.7. The van der Waals surface area contributed by atoms with Gasteiger partial charge in [-0.3, -0.25) is 19.1 Å². The van der Waals surface area contributed by atoms with Crippen molar-refractivity contribution in [1.29, 1.82) is 5.26 Å². The number of aromatic amines is 2. The maximum Gasteiger partial charge on any atom is 0.326 e. The normalized spacial score (nSPS) is 15.1. The maximum atomic E-state index is 14.2. The van der Waals surface area contributed by atoms with E-state index in [2.05, 4.69) is 11.1 Å². The van der Waals surface area contributed by atoms with Crippen LogP contribution in [0.15, 0.2) is 38.6 Å². The fraction of sp³-hybridized carbons (Fsp3) is 0.240. The molecule has 0 radical (unpaired) electrons. The first-order chi connectivity index (χ1) is 19.6. The van der Waals surface area contributed by atoms with Gasteiger partial charge in [0, 0.05) is 19.1 Å². The fourth-order valence-corrected chi connectivity index (χ4v) is 6.02. The van der Waals surface area contributed by atoms with Crippen molar-refractivity contribution in [3.8, 4) is 6.07 Å². The highest BCUT2D eigenvalue weighted by atomic mass is 32.1. The van der Waals surface area contributed by atoms with Crippen LogP contribution in [-0.2, 0) is 6.54 Å². The van der Waals surface area contributed by atoms with Crippen LogP contribution in [0.4, 0.5) is 23.5 Å². The van der Waals surface area contributed by atoms with Gasteiger partial charge >= 0.3 is 5.69 Å². The van der Waals surface area contributed by atoms with E-state index in [0.717, 1.165) is 12.8 Å². The Morgan fingerprint density at radius 1 is 1.05 bits per heavy atom. The van der Waals surface area contributed by atoms with E-state index in [4.69, 9.17) is 5.73 Å². The number of piperidine rings is 1. The van der Waals surface area contributed by atoms with Crippen LogP contribution in [0.2, 0.25) is 0 Å². The number of aromatic nitrogens is 4. The van der Waals surface area contributed by atoms with Crippen molar-refractivity contribution in [2.24, 2.45) is 5.73 Å². The Labute approximate surface area is 234 Å². The van der Waals surface area contributed by atoms with Crippen molar-refractivity contribution < 1.29 is 17.6 Å². The lowest BCUT2D eigenvalue weighted by molar-refractivity contribution is 0.491. The molecule has 0 unspecified atom stereocenters. The molecule has 5 aromatic rings. The van der Waals surface area contributed by atoms with Gasteiger partial charge in [-0.25, -0.2) is 18.6 Å². The summed E-state index contributed by atoms with van der Waals surface area (Å²) >= 11 is 0.809. The van der Waals surface area contributed by atoms with E-state index in [1.165, 1.54) is 4.57 Å². The number of benzene rings is 1. The number of nitrogens with one attached hydrogen (secondary N) is 2. The van der Waals surface area contributed by atoms with Crippen molar-refractivity contribution in [2.75, 3.05) is 18.0 Å². The number of rotatable bonds is 3. The molecule has 0 spiro atoms. The SMILES string of the molecule is N#Cc1ccccc1Cn1c(N2CCC[C@@H](N)C2)nc2c(F)c(F)sc2c1=O.O=c1[nH]c(=O)c2sc(F)c(F)c2[nH]1.